The maximum atomic E-state index is 6.81. The van der Waals surface area contributed by atoms with Gasteiger partial charge in [0.15, 0.2) is 0 Å². The second-order valence-electron chi connectivity index (χ2n) is 17.8. The minimum atomic E-state index is -0.479. The molecule has 2 aromatic heterocycles. The number of allylic oxidation sites excluding steroid dienone is 3. The molecule has 0 aliphatic heterocycles. The van der Waals surface area contributed by atoms with Gasteiger partial charge in [-0.15, -0.1) is 0 Å². The summed E-state index contributed by atoms with van der Waals surface area (Å²) in [6.45, 7) is 2.35. The van der Waals surface area contributed by atoms with Crippen LogP contribution in [-0.4, -0.2) is 0 Å². The van der Waals surface area contributed by atoms with Crippen molar-refractivity contribution < 1.29 is 8.83 Å². The Morgan fingerprint density at radius 1 is 0.415 bits per heavy atom. The van der Waals surface area contributed by atoms with E-state index >= 15 is 0 Å². The lowest BCUT2D eigenvalue weighted by atomic mass is 9.67. The predicted molar refractivity (Wildman–Crippen MR) is 268 cm³/mol. The maximum absolute atomic E-state index is 6.81. The van der Waals surface area contributed by atoms with Crippen LogP contribution in [0.2, 0.25) is 0 Å². The normalized spacial score (nSPS) is 16.2. The first-order valence-electron chi connectivity index (χ1n) is 22.5. The highest BCUT2D eigenvalue weighted by atomic mass is 16.3. The van der Waals surface area contributed by atoms with Crippen LogP contribution in [0.5, 0.6) is 0 Å². The molecule has 0 N–H and O–H groups in total. The molecule has 65 heavy (non-hydrogen) atoms. The molecule has 0 spiro atoms. The Hall–Kier alpha value is -8.14. The SMILES string of the molecule is CC1(c2ccc3oc4cc5c(cc4c3c2)-c2ccccc2C5(c2ccccc2)c2ccccc2)C=CC(N(c2ccc(-c3ccccc3)cc2)c2ccc3oc4ccccc4c3c2)=CC1. The number of hydrogen-bond acceptors (Lipinski definition) is 3. The first-order valence-corrected chi connectivity index (χ1v) is 22.5. The van der Waals surface area contributed by atoms with E-state index in [0.29, 0.717) is 0 Å². The van der Waals surface area contributed by atoms with E-state index in [1.54, 1.807) is 0 Å². The van der Waals surface area contributed by atoms with Crippen molar-refractivity contribution in [1.82, 2.24) is 0 Å². The summed E-state index contributed by atoms with van der Waals surface area (Å²) in [4.78, 5) is 2.38. The Kier molecular flexibility index (Phi) is 8.32. The van der Waals surface area contributed by atoms with Crippen molar-refractivity contribution in [2.45, 2.75) is 24.2 Å². The number of hydrogen-bond donors (Lipinski definition) is 0. The zero-order valence-electron chi connectivity index (χ0n) is 35.9. The molecule has 2 aliphatic carbocycles. The number of fused-ring (bicyclic) bond motifs is 9. The molecule has 2 aliphatic rings. The maximum Gasteiger partial charge on any atom is 0.135 e. The first kappa shape index (κ1) is 37.4. The van der Waals surface area contributed by atoms with E-state index in [1.165, 1.54) is 50.1 Å². The lowest BCUT2D eigenvalue weighted by Crippen LogP contribution is -2.28. The van der Waals surface area contributed by atoms with E-state index in [-0.39, 0.29) is 5.41 Å². The monoisotopic (exact) mass is 833 g/mol. The average molecular weight is 834 g/mol. The van der Waals surface area contributed by atoms with Gasteiger partial charge in [0.05, 0.1) is 5.41 Å². The van der Waals surface area contributed by atoms with Gasteiger partial charge in [0, 0.05) is 44.0 Å². The van der Waals surface area contributed by atoms with E-state index < -0.39 is 5.41 Å². The summed E-state index contributed by atoms with van der Waals surface area (Å²) in [5.41, 5.74) is 17.4. The molecule has 13 rings (SSSR count). The molecule has 3 heteroatoms. The fourth-order valence-corrected chi connectivity index (χ4v) is 10.9. The molecule has 308 valence electrons. The third-order valence-electron chi connectivity index (χ3n) is 14.2. The average Bonchev–Trinajstić information content (AvgIpc) is 4.02. The van der Waals surface area contributed by atoms with Crippen molar-refractivity contribution in [3.63, 3.8) is 0 Å². The van der Waals surface area contributed by atoms with Gasteiger partial charge in [0.25, 0.3) is 0 Å². The van der Waals surface area contributed by atoms with Gasteiger partial charge in [-0.2, -0.15) is 0 Å². The zero-order valence-corrected chi connectivity index (χ0v) is 35.9. The summed E-state index contributed by atoms with van der Waals surface area (Å²) in [5.74, 6) is 0. The van der Waals surface area contributed by atoms with Crippen molar-refractivity contribution in [2.75, 3.05) is 4.90 Å². The molecule has 0 bridgehead atoms. The van der Waals surface area contributed by atoms with E-state index in [1.807, 2.05) is 12.1 Å². The van der Waals surface area contributed by atoms with Crippen LogP contribution in [0.25, 0.3) is 66.1 Å². The number of furan rings is 2. The van der Waals surface area contributed by atoms with Crippen LogP contribution in [0, 0.1) is 0 Å². The molecule has 0 amide bonds. The highest BCUT2D eigenvalue weighted by Crippen LogP contribution is 2.57. The van der Waals surface area contributed by atoms with Crippen LogP contribution < -0.4 is 4.90 Å². The third kappa shape index (κ3) is 5.75. The van der Waals surface area contributed by atoms with Gasteiger partial charge in [0.2, 0.25) is 0 Å². The van der Waals surface area contributed by atoms with Gasteiger partial charge < -0.3 is 13.7 Å². The minimum absolute atomic E-state index is 0.242. The molecule has 2 heterocycles. The van der Waals surface area contributed by atoms with Crippen LogP contribution in [-0.2, 0) is 10.8 Å². The highest BCUT2D eigenvalue weighted by Gasteiger charge is 2.46. The Bertz CT molecular complexity index is 3650. The molecule has 3 nitrogen and oxygen atoms in total. The van der Waals surface area contributed by atoms with Crippen molar-refractivity contribution in [3.05, 3.63) is 264 Å². The third-order valence-corrected chi connectivity index (χ3v) is 14.2. The Morgan fingerprint density at radius 3 is 1.74 bits per heavy atom. The van der Waals surface area contributed by atoms with Crippen molar-refractivity contribution >= 4 is 55.3 Å². The lowest BCUT2D eigenvalue weighted by Gasteiger charge is -2.33. The first-order chi connectivity index (χ1) is 32.0. The van der Waals surface area contributed by atoms with Crippen LogP contribution in [0.3, 0.4) is 0 Å². The topological polar surface area (TPSA) is 29.5 Å². The molecule has 0 radical (unpaired) electrons. The van der Waals surface area contributed by atoms with Crippen molar-refractivity contribution in [1.29, 1.82) is 0 Å². The van der Waals surface area contributed by atoms with Gasteiger partial charge >= 0.3 is 0 Å². The standard InChI is InChI=1S/C62H43NO2/c1-61(35-33-47(34-36-61)63(46-28-25-42(26-29-46)41-15-5-2-6-16-41)48-30-32-59-53(38-48)50-22-12-14-24-57(50)64-59)45-27-31-58-52(37-45)54-39-51-49-21-11-13-23-55(49)62(43-17-7-3-8-18-43,44-19-9-4-10-20-44)56(51)40-60(54)65-58/h2-35,37-40H,36H2,1H3. The molecule has 1 atom stereocenters. The summed E-state index contributed by atoms with van der Waals surface area (Å²) in [6.07, 6.45) is 7.93. The summed E-state index contributed by atoms with van der Waals surface area (Å²) >= 11 is 0. The van der Waals surface area contributed by atoms with Gasteiger partial charge in [-0.3, -0.25) is 0 Å². The summed E-state index contributed by atoms with van der Waals surface area (Å²) in [7, 11) is 0. The van der Waals surface area contributed by atoms with E-state index in [9.17, 15) is 0 Å². The van der Waals surface area contributed by atoms with Gasteiger partial charge in [0.1, 0.15) is 22.3 Å². The minimum Gasteiger partial charge on any atom is -0.456 e. The van der Waals surface area contributed by atoms with Crippen LogP contribution in [0.15, 0.2) is 245 Å². The highest BCUT2D eigenvalue weighted by molar-refractivity contribution is 6.09. The fraction of sp³-hybridized carbons (Fsp3) is 0.0645. The zero-order chi connectivity index (χ0) is 43.1. The Labute approximate surface area is 377 Å². The molecule has 9 aromatic carbocycles. The quantitative estimate of drug-likeness (QED) is 0.160. The molecular weight excluding hydrogens is 791 g/mol. The van der Waals surface area contributed by atoms with E-state index in [4.69, 9.17) is 8.83 Å². The van der Waals surface area contributed by atoms with Crippen molar-refractivity contribution in [2.24, 2.45) is 0 Å². The molecule has 0 saturated heterocycles. The molecule has 0 saturated carbocycles. The molecular formula is C62H43NO2. The summed E-state index contributed by atoms with van der Waals surface area (Å²) in [5, 5.41) is 4.50. The molecule has 11 aromatic rings. The van der Waals surface area contributed by atoms with Crippen LogP contribution in [0.1, 0.15) is 41.2 Å². The predicted octanol–water partition coefficient (Wildman–Crippen LogP) is 16.5. The Morgan fingerprint density at radius 2 is 1.00 bits per heavy atom. The van der Waals surface area contributed by atoms with E-state index in [0.717, 1.165) is 67.4 Å². The van der Waals surface area contributed by atoms with Gasteiger partial charge in [-0.05, 0) is 123 Å². The number of para-hydroxylation sites is 1. The van der Waals surface area contributed by atoms with Crippen LogP contribution in [0.4, 0.5) is 11.4 Å². The number of rotatable bonds is 7. The second kappa shape index (κ2) is 14.5. The van der Waals surface area contributed by atoms with E-state index in [2.05, 4.69) is 230 Å². The fourth-order valence-electron chi connectivity index (χ4n) is 10.9. The van der Waals surface area contributed by atoms with Crippen LogP contribution >= 0.6 is 0 Å². The summed E-state index contributed by atoms with van der Waals surface area (Å²) in [6, 6.07) is 76.7. The Balaban J connectivity index is 0.901. The number of benzene rings is 9. The number of nitrogens with zero attached hydrogens (tertiary/aromatic N) is 1. The second-order valence-corrected chi connectivity index (χ2v) is 17.8. The largest absolute Gasteiger partial charge is 0.456 e. The van der Waals surface area contributed by atoms with Gasteiger partial charge in [-0.25, -0.2) is 0 Å². The summed E-state index contributed by atoms with van der Waals surface area (Å²) < 4.78 is 13.1. The van der Waals surface area contributed by atoms with Gasteiger partial charge in [-0.1, -0.05) is 171 Å². The number of anilines is 2. The molecule has 1 unspecified atom stereocenters. The lowest BCUT2D eigenvalue weighted by molar-refractivity contribution is 0.595. The van der Waals surface area contributed by atoms with Crippen molar-refractivity contribution in [3.8, 4) is 22.3 Å². The smallest absolute Gasteiger partial charge is 0.135 e. The molecule has 0 fully saturated rings.